The quantitative estimate of drug-likeness (QED) is 0.213. The lowest BCUT2D eigenvalue weighted by Crippen LogP contribution is -2.36. The van der Waals surface area contributed by atoms with E-state index in [0.717, 1.165) is 17.4 Å². The van der Waals surface area contributed by atoms with Gasteiger partial charge in [-0.1, -0.05) is 5.16 Å². The largest absolute Gasteiger partial charge is 0.535 e. The molecule has 3 rings (SSSR count). The van der Waals surface area contributed by atoms with Gasteiger partial charge in [-0.05, 0) is 24.1 Å². The Hall–Kier alpha value is -3.12. The minimum absolute atomic E-state index is 0.0557. The summed E-state index contributed by atoms with van der Waals surface area (Å²) >= 11 is 1.07. The number of nitrogens with zero attached hydrogens (tertiary/aromatic N) is 2. The van der Waals surface area contributed by atoms with Crippen molar-refractivity contribution in [2.45, 2.75) is 18.7 Å². The molecule has 140 valence electrons. The second kappa shape index (κ2) is 7.25. The van der Waals surface area contributed by atoms with Crippen molar-refractivity contribution in [3.63, 3.8) is 0 Å². The van der Waals surface area contributed by atoms with Gasteiger partial charge in [-0.2, -0.15) is 0 Å². The van der Waals surface area contributed by atoms with Gasteiger partial charge in [-0.15, -0.1) is 11.3 Å². The molecule has 10 nitrogen and oxygen atoms in total. The van der Waals surface area contributed by atoms with Gasteiger partial charge in [0.2, 0.25) is 0 Å². The van der Waals surface area contributed by atoms with Gasteiger partial charge in [-0.3, -0.25) is 4.79 Å². The van der Waals surface area contributed by atoms with Crippen molar-refractivity contribution in [3.05, 3.63) is 34.3 Å². The van der Waals surface area contributed by atoms with Crippen molar-refractivity contribution < 1.29 is 34.7 Å². The fourth-order valence-electron chi connectivity index (χ4n) is 2.88. The highest BCUT2D eigenvalue weighted by Crippen LogP contribution is 2.38. The van der Waals surface area contributed by atoms with Crippen molar-refractivity contribution in [1.29, 1.82) is 0 Å². The molecule has 0 spiro atoms. The number of carbonyl (C=O) groups excluding carboxylic acids is 1. The van der Waals surface area contributed by atoms with Crippen LogP contribution < -0.4 is 10.4 Å². The summed E-state index contributed by atoms with van der Waals surface area (Å²) in [7, 11) is -1.45. The molecule has 12 heteroatoms. The van der Waals surface area contributed by atoms with Crippen LogP contribution in [0, 0.1) is 0 Å². The first-order chi connectivity index (χ1) is 12.8. The molecule has 0 bridgehead atoms. The van der Waals surface area contributed by atoms with Gasteiger partial charge in [0.05, 0.1) is 0 Å². The minimum Gasteiger partial charge on any atom is -0.535 e. The third kappa shape index (κ3) is 3.71. The molecule has 0 amide bonds. The maximum atomic E-state index is 12.5. The van der Waals surface area contributed by atoms with Crippen LogP contribution in [-0.4, -0.2) is 50.0 Å². The highest BCUT2D eigenvalue weighted by molar-refractivity contribution is 7.13. The summed E-state index contributed by atoms with van der Waals surface area (Å²) in [5.74, 6) is -3.00. The Bertz CT molecular complexity index is 945. The maximum absolute atomic E-state index is 12.5. The van der Waals surface area contributed by atoms with Crippen LogP contribution in [-0.2, 0) is 11.2 Å². The molecule has 0 saturated carbocycles. The summed E-state index contributed by atoms with van der Waals surface area (Å²) in [6.07, 6.45) is -0.176. The van der Waals surface area contributed by atoms with E-state index in [0.29, 0.717) is 5.56 Å². The van der Waals surface area contributed by atoms with Crippen LogP contribution >= 0.6 is 11.3 Å². The number of aromatic nitrogens is 1. The first-order valence-corrected chi connectivity index (χ1v) is 8.58. The van der Waals surface area contributed by atoms with Crippen molar-refractivity contribution in [2.75, 3.05) is 5.73 Å². The second-order valence-electron chi connectivity index (χ2n) is 5.91. The number of Topliss-reactive ketones (excluding diaryl/α,β-unsaturated/α-hetero) is 1. The summed E-state index contributed by atoms with van der Waals surface area (Å²) in [5, 5.41) is 42.9. The van der Waals surface area contributed by atoms with Crippen molar-refractivity contribution in [3.8, 4) is 11.5 Å². The molecule has 27 heavy (non-hydrogen) atoms. The number of aromatic carboxylic acids is 1. The van der Waals surface area contributed by atoms with Crippen molar-refractivity contribution >= 4 is 41.1 Å². The van der Waals surface area contributed by atoms with Gasteiger partial charge in [-0.25, -0.2) is 9.78 Å². The van der Waals surface area contributed by atoms with E-state index in [9.17, 15) is 24.8 Å². The number of phenols is 1. The van der Waals surface area contributed by atoms with E-state index < -0.39 is 24.7 Å². The zero-order chi connectivity index (χ0) is 19.7. The second-order valence-corrected chi connectivity index (χ2v) is 6.80. The number of ketones is 1. The Morgan fingerprint density at radius 2 is 2.19 bits per heavy atom. The van der Waals surface area contributed by atoms with Gasteiger partial charge in [0, 0.05) is 17.6 Å². The molecule has 0 unspecified atom stereocenters. The number of nitrogen functional groups attached to an aromatic ring is 1. The van der Waals surface area contributed by atoms with Gasteiger partial charge in [0.25, 0.3) is 0 Å². The Balaban J connectivity index is 1.83. The first-order valence-electron chi connectivity index (χ1n) is 7.70. The van der Waals surface area contributed by atoms with E-state index in [1.807, 2.05) is 0 Å². The lowest BCUT2D eigenvalue weighted by molar-refractivity contribution is -0.113. The average molecular weight is 391 g/mol. The molecule has 0 aliphatic carbocycles. The van der Waals surface area contributed by atoms with E-state index in [4.69, 9.17) is 15.6 Å². The summed E-state index contributed by atoms with van der Waals surface area (Å²) in [6.45, 7) is 0. The fraction of sp³-hybridized carbons (Fsp3) is 0.200. The SMILES string of the molecule is Nc1nc(/C(=N/O)C(=O)C[C@H]2Cc3cc(O)cc(C(=O)O)c3OB2O)cs1. The number of hydrogen-bond acceptors (Lipinski definition) is 10. The first kappa shape index (κ1) is 18.7. The number of hydrogen-bond donors (Lipinski definition) is 5. The van der Waals surface area contributed by atoms with Gasteiger partial charge in [0.1, 0.15) is 22.8 Å². The van der Waals surface area contributed by atoms with Crippen LogP contribution in [0.2, 0.25) is 5.82 Å². The topological polar surface area (TPSA) is 176 Å². The number of benzene rings is 1. The Morgan fingerprint density at radius 3 is 2.78 bits per heavy atom. The molecule has 1 atom stereocenters. The van der Waals surface area contributed by atoms with Crippen molar-refractivity contribution in [1.82, 2.24) is 4.98 Å². The van der Waals surface area contributed by atoms with E-state index in [-0.39, 0.29) is 46.4 Å². The summed E-state index contributed by atoms with van der Waals surface area (Å²) < 4.78 is 5.29. The number of carboxylic acid groups (broad SMARTS) is 1. The van der Waals surface area contributed by atoms with Crippen LogP contribution in [0.3, 0.4) is 0 Å². The summed E-state index contributed by atoms with van der Waals surface area (Å²) in [4.78, 5) is 27.7. The lowest BCUT2D eigenvalue weighted by Gasteiger charge is -2.28. The monoisotopic (exact) mass is 391 g/mol. The molecule has 1 aromatic heterocycles. The van der Waals surface area contributed by atoms with Crippen LogP contribution in [0.25, 0.3) is 0 Å². The van der Waals surface area contributed by atoms with Crippen molar-refractivity contribution in [2.24, 2.45) is 5.16 Å². The Kier molecular flexibility index (Phi) is 5.01. The molecule has 0 radical (unpaired) electrons. The lowest BCUT2D eigenvalue weighted by atomic mass is 9.64. The predicted octanol–water partition coefficient (Wildman–Crippen LogP) is 0.752. The van der Waals surface area contributed by atoms with E-state index in [1.165, 1.54) is 11.4 Å². The minimum atomic E-state index is -1.45. The average Bonchev–Trinajstić information content (AvgIpc) is 3.02. The number of aromatic hydroxyl groups is 1. The number of nitrogens with two attached hydrogens (primary N) is 1. The van der Waals surface area contributed by atoms with Gasteiger partial charge < -0.3 is 30.8 Å². The summed E-state index contributed by atoms with van der Waals surface area (Å²) in [5.41, 5.74) is 5.38. The number of oxime groups is 1. The van der Waals surface area contributed by atoms with E-state index >= 15 is 0 Å². The van der Waals surface area contributed by atoms with Crippen LogP contribution in [0.15, 0.2) is 22.7 Å². The molecule has 2 aromatic rings. The molecule has 1 aliphatic rings. The Morgan fingerprint density at radius 1 is 1.44 bits per heavy atom. The smallest absolute Gasteiger partial charge is 0.526 e. The van der Waals surface area contributed by atoms with Crippen LogP contribution in [0.1, 0.15) is 28.0 Å². The third-order valence-electron chi connectivity index (χ3n) is 4.08. The number of rotatable bonds is 5. The molecular weight excluding hydrogens is 377 g/mol. The number of carbonyl (C=O) groups is 2. The highest BCUT2D eigenvalue weighted by atomic mass is 32.1. The van der Waals surface area contributed by atoms with Gasteiger partial charge >= 0.3 is 13.1 Å². The normalized spacial score (nSPS) is 16.6. The number of anilines is 1. The zero-order valence-corrected chi connectivity index (χ0v) is 14.5. The molecule has 2 heterocycles. The molecule has 0 fully saturated rings. The molecule has 1 aliphatic heterocycles. The molecular formula is C15H14BN3O7S. The van der Waals surface area contributed by atoms with E-state index in [1.54, 1.807) is 0 Å². The zero-order valence-electron chi connectivity index (χ0n) is 13.7. The highest BCUT2D eigenvalue weighted by Gasteiger charge is 2.39. The van der Waals surface area contributed by atoms with Crippen LogP contribution in [0.5, 0.6) is 11.5 Å². The summed E-state index contributed by atoms with van der Waals surface area (Å²) in [6, 6.07) is 2.33. The molecule has 1 aromatic carbocycles. The molecule has 6 N–H and O–H groups in total. The van der Waals surface area contributed by atoms with E-state index in [2.05, 4.69) is 10.1 Å². The Labute approximate surface area is 156 Å². The number of fused-ring (bicyclic) bond motifs is 1. The van der Waals surface area contributed by atoms with Crippen LogP contribution in [0.4, 0.5) is 5.13 Å². The number of phenolic OH excluding ortho intramolecular Hbond substituents is 1. The fourth-order valence-corrected chi connectivity index (χ4v) is 3.42. The van der Waals surface area contributed by atoms with Gasteiger partial charge in [0.15, 0.2) is 16.6 Å². The number of carboxylic acids is 1. The maximum Gasteiger partial charge on any atom is 0.526 e. The predicted molar refractivity (Wildman–Crippen MR) is 95.6 cm³/mol. The number of thiazole rings is 1. The molecule has 0 saturated heterocycles. The standard InChI is InChI=1S/C15H14BN3O7S/c17-15-18-10(5-27-15)12(19-25)11(21)3-7-1-6-2-8(20)4-9(14(22)23)13(6)26-16(7)24/h2,4-5,7,20,24-25H,1,3H2,(H2,17,18)(H,22,23)/b19-12-/t7-/m1/s1. The third-order valence-corrected chi connectivity index (χ3v) is 4.76.